The molecule has 0 spiro atoms. The van der Waals surface area contributed by atoms with Gasteiger partial charge in [-0.15, -0.1) is 0 Å². The van der Waals surface area contributed by atoms with Gasteiger partial charge in [0.2, 0.25) is 0 Å². The first kappa shape index (κ1) is 13.4. The molecule has 0 aromatic carbocycles. The summed E-state index contributed by atoms with van der Waals surface area (Å²) in [4.78, 5) is 10.6. The van der Waals surface area contributed by atoms with E-state index in [0.29, 0.717) is 11.4 Å². The number of rotatable bonds is 4. The van der Waals surface area contributed by atoms with Crippen molar-refractivity contribution in [2.75, 3.05) is 5.75 Å². The summed E-state index contributed by atoms with van der Waals surface area (Å²) in [7, 11) is 0. The highest BCUT2D eigenvalue weighted by Crippen LogP contribution is 2.41. The van der Waals surface area contributed by atoms with E-state index in [2.05, 4.69) is 17.7 Å². The van der Waals surface area contributed by atoms with Crippen molar-refractivity contribution >= 4 is 18.3 Å². The lowest BCUT2D eigenvalue weighted by molar-refractivity contribution is -0.386. The molecule has 5 nitrogen and oxygen atoms in total. The Labute approximate surface area is 112 Å². The third-order valence-corrected chi connectivity index (χ3v) is 4.68. The zero-order chi connectivity index (χ0) is 13.3. The van der Waals surface area contributed by atoms with Gasteiger partial charge in [0.15, 0.2) is 0 Å². The summed E-state index contributed by atoms with van der Waals surface area (Å²) < 4.78 is 1.80. The molecule has 0 unspecified atom stereocenters. The molecule has 1 heterocycles. The maximum atomic E-state index is 11.0. The van der Waals surface area contributed by atoms with E-state index in [1.165, 1.54) is 12.8 Å². The molecule has 1 aliphatic rings. The maximum absolute atomic E-state index is 11.0. The lowest BCUT2D eigenvalue weighted by Gasteiger charge is -2.27. The number of nitro groups is 1. The molecule has 100 valence electrons. The van der Waals surface area contributed by atoms with Gasteiger partial charge in [-0.05, 0) is 37.9 Å². The van der Waals surface area contributed by atoms with Crippen molar-refractivity contribution in [2.24, 2.45) is 5.41 Å². The molecule has 0 bridgehead atoms. The normalized spacial score (nSPS) is 18.2. The van der Waals surface area contributed by atoms with Crippen LogP contribution in [0.25, 0.3) is 0 Å². The molecule has 0 N–H and O–H groups in total. The lowest BCUT2D eigenvalue weighted by Crippen LogP contribution is -2.26. The van der Waals surface area contributed by atoms with E-state index in [-0.39, 0.29) is 16.0 Å². The molecule has 0 radical (unpaired) electrons. The van der Waals surface area contributed by atoms with Crippen LogP contribution in [0.5, 0.6) is 0 Å². The fraction of sp³-hybridized carbons (Fsp3) is 0.750. The molecule has 0 atom stereocenters. The van der Waals surface area contributed by atoms with Crippen LogP contribution in [-0.2, 0) is 6.54 Å². The van der Waals surface area contributed by atoms with Crippen LogP contribution in [0.4, 0.5) is 5.69 Å². The van der Waals surface area contributed by atoms with Gasteiger partial charge in [-0.25, -0.2) is 0 Å². The predicted octanol–water partition coefficient (Wildman–Crippen LogP) is 2.90. The highest BCUT2D eigenvalue weighted by molar-refractivity contribution is 7.80. The van der Waals surface area contributed by atoms with Crippen LogP contribution < -0.4 is 0 Å². The third kappa shape index (κ3) is 2.25. The molecule has 1 saturated carbocycles. The lowest BCUT2D eigenvalue weighted by atomic mass is 9.88. The second-order valence-corrected chi connectivity index (χ2v) is 5.62. The van der Waals surface area contributed by atoms with Crippen molar-refractivity contribution < 1.29 is 4.92 Å². The van der Waals surface area contributed by atoms with E-state index in [4.69, 9.17) is 0 Å². The standard InChI is InChI=1S/C12H19N3O2S/c1-9-11(15(16)17)10(2)14(13-9)7-12(8-18)5-3-4-6-12/h18H,3-8H2,1-2H3. The molecule has 0 aliphatic heterocycles. The SMILES string of the molecule is Cc1nn(CC2(CS)CCCC2)c(C)c1[N+](=O)[O-]. The molecule has 0 amide bonds. The van der Waals surface area contributed by atoms with Crippen LogP contribution in [0.3, 0.4) is 0 Å². The molecule has 1 aliphatic carbocycles. The van der Waals surface area contributed by atoms with Gasteiger partial charge in [-0.2, -0.15) is 17.7 Å². The molecule has 1 aromatic rings. The van der Waals surface area contributed by atoms with E-state index in [1.54, 1.807) is 18.5 Å². The van der Waals surface area contributed by atoms with Crippen molar-refractivity contribution in [3.8, 4) is 0 Å². The van der Waals surface area contributed by atoms with E-state index < -0.39 is 0 Å². The average Bonchev–Trinajstić information content (AvgIpc) is 2.86. The number of nitrogens with zero attached hydrogens (tertiary/aromatic N) is 3. The molecule has 6 heteroatoms. The van der Waals surface area contributed by atoms with Gasteiger partial charge < -0.3 is 0 Å². The Morgan fingerprint density at radius 2 is 2.06 bits per heavy atom. The third-order valence-electron chi connectivity index (χ3n) is 4.01. The van der Waals surface area contributed by atoms with E-state index in [0.717, 1.165) is 25.1 Å². The first-order chi connectivity index (χ1) is 8.49. The Bertz CT molecular complexity index is 464. The monoisotopic (exact) mass is 269 g/mol. The summed E-state index contributed by atoms with van der Waals surface area (Å²) in [5.41, 5.74) is 1.48. The second-order valence-electron chi connectivity index (χ2n) is 5.30. The van der Waals surface area contributed by atoms with Gasteiger partial charge in [-0.3, -0.25) is 14.8 Å². The largest absolute Gasteiger partial charge is 0.312 e. The van der Waals surface area contributed by atoms with Crippen LogP contribution >= 0.6 is 12.6 Å². The number of aromatic nitrogens is 2. The molecule has 1 fully saturated rings. The molecular formula is C12H19N3O2S. The van der Waals surface area contributed by atoms with Gasteiger partial charge in [0.1, 0.15) is 11.4 Å². The van der Waals surface area contributed by atoms with Gasteiger partial charge in [0.05, 0.1) is 4.92 Å². The topological polar surface area (TPSA) is 61.0 Å². The number of thiol groups is 1. The molecule has 18 heavy (non-hydrogen) atoms. The number of aryl methyl sites for hydroxylation is 1. The zero-order valence-corrected chi connectivity index (χ0v) is 11.7. The van der Waals surface area contributed by atoms with E-state index in [1.807, 2.05) is 0 Å². The van der Waals surface area contributed by atoms with Gasteiger partial charge in [0, 0.05) is 6.54 Å². The highest BCUT2D eigenvalue weighted by atomic mass is 32.1. The number of hydrogen-bond acceptors (Lipinski definition) is 4. The van der Waals surface area contributed by atoms with Gasteiger partial charge in [0.25, 0.3) is 0 Å². The van der Waals surface area contributed by atoms with Crippen LogP contribution in [0.1, 0.15) is 37.1 Å². The summed E-state index contributed by atoms with van der Waals surface area (Å²) >= 11 is 4.46. The van der Waals surface area contributed by atoms with Crippen LogP contribution in [-0.4, -0.2) is 20.5 Å². The predicted molar refractivity (Wildman–Crippen MR) is 73.1 cm³/mol. The van der Waals surface area contributed by atoms with Crippen LogP contribution in [0.15, 0.2) is 0 Å². The van der Waals surface area contributed by atoms with Gasteiger partial charge >= 0.3 is 5.69 Å². The second kappa shape index (κ2) is 4.91. The van der Waals surface area contributed by atoms with Crippen molar-refractivity contribution in [1.82, 2.24) is 9.78 Å². The fourth-order valence-corrected chi connectivity index (χ4v) is 3.33. The minimum Gasteiger partial charge on any atom is -0.262 e. The van der Waals surface area contributed by atoms with Crippen molar-refractivity contribution in [3.63, 3.8) is 0 Å². The Kier molecular flexibility index (Phi) is 3.66. The first-order valence-corrected chi connectivity index (χ1v) is 6.92. The molecule has 0 saturated heterocycles. The summed E-state index contributed by atoms with van der Waals surface area (Å²) in [5.74, 6) is 0.819. The summed E-state index contributed by atoms with van der Waals surface area (Å²) in [6.45, 7) is 4.22. The maximum Gasteiger partial charge on any atom is 0.312 e. The van der Waals surface area contributed by atoms with E-state index >= 15 is 0 Å². The van der Waals surface area contributed by atoms with Crippen molar-refractivity contribution in [2.45, 2.75) is 46.1 Å². The van der Waals surface area contributed by atoms with Crippen LogP contribution in [0.2, 0.25) is 0 Å². The number of hydrogen-bond donors (Lipinski definition) is 1. The Morgan fingerprint density at radius 3 is 2.50 bits per heavy atom. The Morgan fingerprint density at radius 1 is 1.44 bits per heavy atom. The average molecular weight is 269 g/mol. The molecule has 2 rings (SSSR count). The smallest absolute Gasteiger partial charge is 0.262 e. The first-order valence-electron chi connectivity index (χ1n) is 6.28. The summed E-state index contributed by atoms with van der Waals surface area (Å²) in [6.07, 6.45) is 4.73. The minimum absolute atomic E-state index is 0.155. The minimum atomic E-state index is -0.337. The highest BCUT2D eigenvalue weighted by Gasteiger charge is 2.35. The zero-order valence-electron chi connectivity index (χ0n) is 10.8. The fourth-order valence-electron chi connectivity index (χ4n) is 2.91. The Balaban J connectivity index is 2.29. The van der Waals surface area contributed by atoms with Crippen LogP contribution in [0, 0.1) is 29.4 Å². The molecule has 1 aromatic heterocycles. The van der Waals surface area contributed by atoms with E-state index in [9.17, 15) is 10.1 Å². The van der Waals surface area contributed by atoms with Gasteiger partial charge in [-0.1, -0.05) is 12.8 Å². The quantitative estimate of drug-likeness (QED) is 0.519. The summed E-state index contributed by atoms with van der Waals surface area (Å²) in [5, 5.41) is 15.3. The Hall–Kier alpha value is -1.04. The molecular weight excluding hydrogens is 250 g/mol. The van der Waals surface area contributed by atoms with Crippen molar-refractivity contribution in [3.05, 3.63) is 21.5 Å². The van der Waals surface area contributed by atoms with Crippen molar-refractivity contribution in [1.29, 1.82) is 0 Å². The summed E-state index contributed by atoms with van der Waals surface area (Å²) in [6, 6.07) is 0.